The van der Waals surface area contributed by atoms with Crippen molar-refractivity contribution < 1.29 is 23.1 Å². The summed E-state index contributed by atoms with van der Waals surface area (Å²) in [5.74, 6) is -0.812. The van der Waals surface area contributed by atoms with Gasteiger partial charge in [-0.1, -0.05) is 31.5 Å². The molecule has 140 valence electrons. The first-order valence-electron chi connectivity index (χ1n) is 8.04. The third kappa shape index (κ3) is 5.66. The van der Waals surface area contributed by atoms with Crippen LogP contribution in [0.15, 0.2) is 29.2 Å². The highest BCUT2D eigenvalue weighted by molar-refractivity contribution is 7.89. The van der Waals surface area contributed by atoms with Gasteiger partial charge in [0.15, 0.2) is 0 Å². The molecule has 25 heavy (non-hydrogen) atoms. The second-order valence-corrected chi connectivity index (χ2v) is 8.14. The van der Waals surface area contributed by atoms with Gasteiger partial charge in [0.1, 0.15) is 0 Å². The van der Waals surface area contributed by atoms with E-state index in [2.05, 4.69) is 9.46 Å². The molecule has 2 atom stereocenters. The number of aliphatic hydroxyl groups is 1. The average molecular weight is 369 g/mol. The maximum atomic E-state index is 12.9. The van der Waals surface area contributed by atoms with E-state index in [9.17, 15) is 18.3 Å². The van der Waals surface area contributed by atoms with Crippen LogP contribution in [-0.4, -0.2) is 38.7 Å². The first kappa shape index (κ1) is 21.3. The fraction of sp³-hybridized carbons (Fsp3) is 0.500. The first-order valence-corrected chi connectivity index (χ1v) is 9.52. The van der Waals surface area contributed by atoms with Gasteiger partial charge >= 0.3 is 5.97 Å². The SMILES string of the molecule is COC(=O)/C=C/[C@@H](O)[C@@H](NS(=O)(=O)c1c(C)cc(C)cc1C)C(C)C. The van der Waals surface area contributed by atoms with Crippen molar-refractivity contribution in [2.45, 2.75) is 51.7 Å². The zero-order chi connectivity index (χ0) is 19.4. The van der Waals surface area contributed by atoms with E-state index in [1.54, 1.807) is 39.8 Å². The van der Waals surface area contributed by atoms with Gasteiger partial charge in [-0.2, -0.15) is 0 Å². The molecule has 1 rings (SSSR count). The van der Waals surface area contributed by atoms with Crippen molar-refractivity contribution in [2.24, 2.45) is 5.92 Å². The number of benzene rings is 1. The monoisotopic (exact) mass is 369 g/mol. The quantitative estimate of drug-likeness (QED) is 0.566. The number of aliphatic hydroxyl groups excluding tert-OH is 1. The van der Waals surface area contributed by atoms with Gasteiger partial charge in [0, 0.05) is 6.08 Å². The highest BCUT2D eigenvalue weighted by Gasteiger charge is 2.29. The van der Waals surface area contributed by atoms with E-state index in [1.807, 2.05) is 6.92 Å². The molecule has 0 heterocycles. The molecule has 6 nitrogen and oxygen atoms in total. The molecule has 1 aromatic carbocycles. The standard InChI is InChI=1S/C18H27NO5S/c1-11(2)17(15(20)7-8-16(21)24-6)19-25(22,23)18-13(4)9-12(3)10-14(18)5/h7-11,15,17,19-20H,1-6H3/b8-7+/t15-,17+/m1/s1. The lowest BCUT2D eigenvalue weighted by atomic mass is 9.99. The third-order valence-electron chi connectivity index (χ3n) is 3.88. The zero-order valence-electron chi connectivity index (χ0n) is 15.5. The number of hydrogen-bond donors (Lipinski definition) is 2. The Hall–Kier alpha value is -1.70. The summed E-state index contributed by atoms with van der Waals surface area (Å²) in [7, 11) is -2.61. The Morgan fingerprint density at radius 3 is 2.16 bits per heavy atom. The second-order valence-electron chi connectivity index (χ2n) is 6.49. The van der Waals surface area contributed by atoms with Crippen molar-refractivity contribution in [3.63, 3.8) is 0 Å². The lowest BCUT2D eigenvalue weighted by Gasteiger charge is -2.26. The minimum atomic E-state index is -3.83. The van der Waals surface area contributed by atoms with Gasteiger partial charge in [0.2, 0.25) is 10.0 Å². The molecule has 0 bridgehead atoms. The molecule has 0 aliphatic carbocycles. The molecular weight excluding hydrogens is 342 g/mol. The predicted molar refractivity (Wildman–Crippen MR) is 96.8 cm³/mol. The van der Waals surface area contributed by atoms with Gasteiger partial charge in [-0.05, 0) is 43.9 Å². The number of aryl methyl sites for hydroxylation is 3. The zero-order valence-corrected chi connectivity index (χ0v) is 16.3. The van der Waals surface area contributed by atoms with Crippen molar-refractivity contribution in [2.75, 3.05) is 7.11 Å². The number of esters is 1. The fourth-order valence-corrected chi connectivity index (χ4v) is 4.65. The number of carbonyl (C=O) groups is 1. The molecule has 0 fully saturated rings. The van der Waals surface area contributed by atoms with E-state index in [-0.39, 0.29) is 10.8 Å². The summed E-state index contributed by atoms with van der Waals surface area (Å²) in [4.78, 5) is 11.4. The van der Waals surface area contributed by atoms with Gasteiger partial charge in [0.05, 0.1) is 24.2 Å². The summed E-state index contributed by atoms with van der Waals surface area (Å²) < 4.78 is 32.8. The van der Waals surface area contributed by atoms with Crippen molar-refractivity contribution in [1.29, 1.82) is 0 Å². The normalized spacial score (nSPS) is 14.7. The lowest BCUT2D eigenvalue weighted by molar-refractivity contribution is -0.134. The second kappa shape index (κ2) is 8.60. The first-order chi connectivity index (χ1) is 11.5. The van der Waals surface area contributed by atoms with Crippen LogP contribution in [0, 0.1) is 26.7 Å². The average Bonchev–Trinajstić information content (AvgIpc) is 2.48. The number of ether oxygens (including phenoxy) is 1. The van der Waals surface area contributed by atoms with Gasteiger partial charge in [0.25, 0.3) is 0 Å². The summed E-state index contributed by atoms with van der Waals surface area (Å²) >= 11 is 0. The van der Waals surface area contributed by atoms with E-state index >= 15 is 0 Å². The van der Waals surface area contributed by atoms with E-state index in [0.29, 0.717) is 11.1 Å². The number of carbonyl (C=O) groups excluding carboxylic acids is 1. The lowest BCUT2D eigenvalue weighted by Crippen LogP contribution is -2.46. The number of nitrogens with one attached hydrogen (secondary N) is 1. The molecule has 0 aliphatic rings. The Morgan fingerprint density at radius 2 is 1.72 bits per heavy atom. The molecule has 2 N–H and O–H groups in total. The highest BCUT2D eigenvalue weighted by atomic mass is 32.2. The van der Waals surface area contributed by atoms with Crippen LogP contribution >= 0.6 is 0 Å². The van der Waals surface area contributed by atoms with Crippen LogP contribution in [0.3, 0.4) is 0 Å². The molecule has 0 saturated heterocycles. The maximum absolute atomic E-state index is 12.9. The summed E-state index contributed by atoms with van der Waals surface area (Å²) in [5, 5.41) is 10.3. The van der Waals surface area contributed by atoms with Gasteiger partial charge in [-0.15, -0.1) is 0 Å². The molecule has 0 unspecified atom stereocenters. The van der Waals surface area contributed by atoms with Crippen LogP contribution in [0.4, 0.5) is 0 Å². The molecule has 0 amide bonds. The molecule has 1 aromatic rings. The van der Waals surface area contributed by atoms with E-state index in [4.69, 9.17) is 0 Å². The van der Waals surface area contributed by atoms with Crippen LogP contribution in [-0.2, 0) is 19.6 Å². The molecule has 0 aromatic heterocycles. The van der Waals surface area contributed by atoms with Crippen LogP contribution < -0.4 is 4.72 Å². The van der Waals surface area contributed by atoms with Crippen LogP contribution in [0.2, 0.25) is 0 Å². The number of rotatable bonds is 7. The van der Waals surface area contributed by atoms with Crippen molar-refractivity contribution in [3.8, 4) is 0 Å². The number of hydrogen-bond acceptors (Lipinski definition) is 5. The molecule has 0 saturated carbocycles. The third-order valence-corrected chi connectivity index (χ3v) is 5.65. The number of methoxy groups -OCH3 is 1. The largest absolute Gasteiger partial charge is 0.466 e. The summed E-state index contributed by atoms with van der Waals surface area (Å²) in [6, 6.07) is 2.82. The van der Waals surface area contributed by atoms with Crippen LogP contribution in [0.25, 0.3) is 0 Å². The Balaban J connectivity index is 3.17. The van der Waals surface area contributed by atoms with Crippen LogP contribution in [0.1, 0.15) is 30.5 Å². The molecule has 0 aliphatic heterocycles. The Morgan fingerprint density at radius 1 is 1.20 bits per heavy atom. The molecule has 0 spiro atoms. The smallest absolute Gasteiger partial charge is 0.330 e. The van der Waals surface area contributed by atoms with E-state index in [1.165, 1.54) is 13.2 Å². The molecule has 7 heteroatoms. The Bertz CT molecular complexity index is 730. The van der Waals surface area contributed by atoms with Crippen molar-refractivity contribution in [3.05, 3.63) is 41.0 Å². The predicted octanol–water partition coefficient (Wildman–Crippen LogP) is 2.00. The molecule has 0 radical (unpaired) electrons. The van der Waals surface area contributed by atoms with Crippen molar-refractivity contribution in [1.82, 2.24) is 4.72 Å². The molecular formula is C18H27NO5S. The van der Waals surface area contributed by atoms with Gasteiger partial charge in [-0.3, -0.25) is 0 Å². The van der Waals surface area contributed by atoms with Crippen LogP contribution in [0.5, 0.6) is 0 Å². The summed E-state index contributed by atoms with van der Waals surface area (Å²) in [5.41, 5.74) is 2.27. The minimum Gasteiger partial charge on any atom is -0.466 e. The topological polar surface area (TPSA) is 92.7 Å². The number of sulfonamides is 1. The van der Waals surface area contributed by atoms with Gasteiger partial charge < -0.3 is 9.84 Å². The van der Waals surface area contributed by atoms with E-state index in [0.717, 1.165) is 11.6 Å². The minimum absolute atomic E-state index is 0.196. The Labute approximate surface area is 150 Å². The maximum Gasteiger partial charge on any atom is 0.330 e. The van der Waals surface area contributed by atoms with E-state index < -0.39 is 28.1 Å². The summed E-state index contributed by atoms with van der Waals surface area (Å²) in [6.07, 6.45) is 1.14. The summed E-state index contributed by atoms with van der Waals surface area (Å²) in [6.45, 7) is 8.97. The van der Waals surface area contributed by atoms with Crippen molar-refractivity contribution >= 4 is 16.0 Å². The van der Waals surface area contributed by atoms with Gasteiger partial charge in [-0.25, -0.2) is 17.9 Å². The fourth-order valence-electron chi connectivity index (χ4n) is 2.79. The Kier molecular flexibility index (Phi) is 7.34. The highest BCUT2D eigenvalue weighted by Crippen LogP contribution is 2.23.